The molecule has 0 amide bonds. The van der Waals surface area contributed by atoms with Gasteiger partial charge in [-0.1, -0.05) is 18.2 Å². The van der Waals surface area contributed by atoms with Gasteiger partial charge in [-0.25, -0.2) is 0 Å². The molecular formula is C13H20N2O. The number of aliphatic hydroxyl groups is 1. The molecule has 1 aromatic rings. The summed E-state index contributed by atoms with van der Waals surface area (Å²) in [5, 5.41) is 9.58. The maximum atomic E-state index is 9.58. The summed E-state index contributed by atoms with van der Waals surface area (Å²) in [6, 6.07) is 10.4. The van der Waals surface area contributed by atoms with Crippen molar-refractivity contribution in [3.8, 4) is 0 Å². The first-order chi connectivity index (χ1) is 7.68. The smallest absolute Gasteiger partial charge is 0.0633 e. The van der Waals surface area contributed by atoms with Crippen LogP contribution in [0.3, 0.4) is 0 Å². The van der Waals surface area contributed by atoms with E-state index >= 15 is 0 Å². The highest BCUT2D eigenvalue weighted by Gasteiger charge is 2.39. The van der Waals surface area contributed by atoms with Gasteiger partial charge in [-0.3, -0.25) is 4.90 Å². The summed E-state index contributed by atoms with van der Waals surface area (Å²) < 4.78 is 0. The molecule has 1 N–H and O–H groups in total. The molecule has 0 aliphatic carbocycles. The van der Waals surface area contributed by atoms with E-state index in [1.807, 2.05) is 20.2 Å². The van der Waals surface area contributed by atoms with Crippen molar-refractivity contribution in [3.05, 3.63) is 30.3 Å². The molecule has 0 spiro atoms. The molecule has 1 fully saturated rings. The molecule has 2 rings (SSSR count). The van der Waals surface area contributed by atoms with E-state index in [1.165, 1.54) is 5.69 Å². The first-order valence-electron chi connectivity index (χ1n) is 5.76. The summed E-state index contributed by atoms with van der Waals surface area (Å²) in [5.41, 5.74) is 1.18. The van der Waals surface area contributed by atoms with Crippen molar-refractivity contribution >= 4 is 5.69 Å². The number of hydrogen-bond acceptors (Lipinski definition) is 3. The number of para-hydroxylation sites is 1. The third-order valence-electron chi connectivity index (χ3n) is 3.70. The lowest BCUT2D eigenvalue weighted by Crippen LogP contribution is -2.49. The van der Waals surface area contributed by atoms with Gasteiger partial charge in [-0.15, -0.1) is 0 Å². The summed E-state index contributed by atoms with van der Waals surface area (Å²) in [7, 11) is 4.09. The second kappa shape index (κ2) is 4.44. The highest BCUT2D eigenvalue weighted by molar-refractivity contribution is 5.48. The maximum Gasteiger partial charge on any atom is 0.0633 e. The Morgan fingerprint density at radius 3 is 2.50 bits per heavy atom. The zero-order valence-corrected chi connectivity index (χ0v) is 10.1. The molecule has 1 aromatic carbocycles. The van der Waals surface area contributed by atoms with E-state index < -0.39 is 0 Å². The Hall–Kier alpha value is -1.06. The standard InChI is InChI=1S/C13H20N2O/c1-14(2)13(11-16)8-9-15(10-13)12-6-4-3-5-7-12/h3-7,16H,8-11H2,1-2H3. The van der Waals surface area contributed by atoms with Gasteiger partial charge < -0.3 is 10.0 Å². The molecule has 1 unspecified atom stereocenters. The van der Waals surface area contributed by atoms with Crippen LogP contribution < -0.4 is 4.90 Å². The van der Waals surface area contributed by atoms with Crippen LogP contribution in [0, 0.1) is 0 Å². The average molecular weight is 220 g/mol. The Morgan fingerprint density at radius 2 is 2.00 bits per heavy atom. The second-order valence-corrected chi connectivity index (χ2v) is 4.78. The molecule has 1 aliphatic rings. The fourth-order valence-corrected chi connectivity index (χ4v) is 2.35. The monoisotopic (exact) mass is 220 g/mol. The molecule has 0 saturated carbocycles. The van der Waals surface area contributed by atoms with Crippen molar-refractivity contribution < 1.29 is 5.11 Å². The molecule has 88 valence electrons. The molecule has 1 saturated heterocycles. The van der Waals surface area contributed by atoms with E-state index in [0.717, 1.165) is 19.5 Å². The molecule has 0 radical (unpaired) electrons. The predicted molar refractivity (Wildman–Crippen MR) is 66.8 cm³/mol. The summed E-state index contributed by atoms with van der Waals surface area (Å²) >= 11 is 0. The normalized spacial score (nSPS) is 25.4. The van der Waals surface area contributed by atoms with Gasteiger partial charge in [0.1, 0.15) is 0 Å². The van der Waals surface area contributed by atoms with Gasteiger partial charge >= 0.3 is 0 Å². The quantitative estimate of drug-likeness (QED) is 0.829. The van der Waals surface area contributed by atoms with Crippen LogP contribution in [0.4, 0.5) is 5.69 Å². The largest absolute Gasteiger partial charge is 0.394 e. The fraction of sp³-hybridized carbons (Fsp3) is 0.538. The van der Waals surface area contributed by atoms with Gasteiger partial charge in [0.25, 0.3) is 0 Å². The highest BCUT2D eigenvalue weighted by Crippen LogP contribution is 2.29. The molecule has 0 aromatic heterocycles. The lowest BCUT2D eigenvalue weighted by atomic mass is 9.99. The highest BCUT2D eigenvalue weighted by atomic mass is 16.3. The lowest BCUT2D eigenvalue weighted by Gasteiger charge is -2.34. The maximum absolute atomic E-state index is 9.58. The summed E-state index contributed by atoms with van der Waals surface area (Å²) in [5.74, 6) is 0. The number of rotatable bonds is 3. The van der Waals surface area contributed by atoms with Crippen molar-refractivity contribution in [3.63, 3.8) is 0 Å². The van der Waals surface area contributed by atoms with Crippen molar-refractivity contribution in [2.75, 3.05) is 38.7 Å². The van der Waals surface area contributed by atoms with Crippen LogP contribution in [-0.4, -0.2) is 49.3 Å². The number of likely N-dealkylation sites (N-methyl/N-ethyl adjacent to an activating group) is 1. The summed E-state index contributed by atoms with van der Waals surface area (Å²) in [4.78, 5) is 4.49. The van der Waals surface area contributed by atoms with Gasteiger partial charge in [0.2, 0.25) is 0 Å². The number of aliphatic hydroxyl groups excluding tert-OH is 1. The van der Waals surface area contributed by atoms with E-state index in [1.54, 1.807) is 0 Å². The third-order valence-corrected chi connectivity index (χ3v) is 3.70. The van der Waals surface area contributed by atoms with E-state index in [-0.39, 0.29) is 12.1 Å². The van der Waals surface area contributed by atoms with Crippen LogP contribution >= 0.6 is 0 Å². The molecule has 0 bridgehead atoms. The van der Waals surface area contributed by atoms with E-state index in [9.17, 15) is 5.11 Å². The van der Waals surface area contributed by atoms with Crippen molar-refractivity contribution in [2.24, 2.45) is 0 Å². The fourth-order valence-electron chi connectivity index (χ4n) is 2.35. The minimum absolute atomic E-state index is 0.0736. The Bertz CT molecular complexity index is 339. The molecule has 3 heteroatoms. The zero-order chi connectivity index (χ0) is 11.6. The lowest BCUT2D eigenvalue weighted by molar-refractivity contribution is 0.0867. The third kappa shape index (κ3) is 1.93. The first-order valence-corrected chi connectivity index (χ1v) is 5.76. The first kappa shape index (κ1) is 11.4. The van der Waals surface area contributed by atoms with Crippen LogP contribution in [0.25, 0.3) is 0 Å². The van der Waals surface area contributed by atoms with Crippen LogP contribution in [0.5, 0.6) is 0 Å². The van der Waals surface area contributed by atoms with E-state index in [0.29, 0.717) is 0 Å². The Labute approximate surface area is 97.3 Å². The van der Waals surface area contributed by atoms with Crippen LogP contribution in [0.2, 0.25) is 0 Å². The molecular weight excluding hydrogens is 200 g/mol. The van der Waals surface area contributed by atoms with E-state index in [2.05, 4.69) is 34.1 Å². The van der Waals surface area contributed by atoms with Crippen LogP contribution in [0.1, 0.15) is 6.42 Å². The Morgan fingerprint density at radius 1 is 1.31 bits per heavy atom. The summed E-state index contributed by atoms with van der Waals surface area (Å²) in [6.07, 6.45) is 1.02. The molecule has 16 heavy (non-hydrogen) atoms. The van der Waals surface area contributed by atoms with Crippen molar-refractivity contribution in [1.29, 1.82) is 0 Å². The Balaban J connectivity index is 2.14. The van der Waals surface area contributed by atoms with Crippen LogP contribution in [0.15, 0.2) is 30.3 Å². The minimum Gasteiger partial charge on any atom is -0.394 e. The van der Waals surface area contributed by atoms with Gasteiger partial charge in [0.05, 0.1) is 12.1 Å². The SMILES string of the molecule is CN(C)C1(CO)CCN(c2ccccc2)C1. The van der Waals surface area contributed by atoms with Gasteiger partial charge in [0, 0.05) is 18.8 Å². The predicted octanol–water partition coefficient (Wildman–Crippen LogP) is 1.19. The van der Waals surface area contributed by atoms with Crippen molar-refractivity contribution in [1.82, 2.24) is 4.90 Å². The van der Waals surface area contributed by atoms with Gasteiger partial charge in [-0.2, -0.15) is 0 Å². The van der Waals surface area contributed by atoms with Gasteiger partial charge in [-0.05, 0) is 32.6 Å². The number of anilines is 1. The molecule has 3 nitrogen and oxygen atoms in total. The number of hydrogen-bond donors (Lipinski definition) is 1. The minimum atomic E-state index is -0.0736. The van der Waals surface area contributed by atoms with Crippen LogP contribution in [-0.2, 0) is 0 Å². The second-order valence-electron chi connectivity index (χ2n) is 4.78. The summed E-state index contributed by atoms with van der Waals surface area (Å²) in [6.45, 7) is 2.15. The zero-order valence-electron chi connectivity index (χ0n) is 10.1. The molecule has 1 aliphatic heterocycles. The molecule has 1 heterocycles. The average Bonchev–Trinajstić information content (AvgIpc) is 2.76. The van der Waals surface area contributed by atoms with E-state index in [4.69, 9.17) is 0 Å². The number of benzene rings is 1. The number of nitrogens with zero attached hydrogens (tertiary/aromatic N) is 2. The Kier molecular flexibility index (Phi) is 3.17. The van der Waals surface area contributed by atoms with Crippen molar-refractivity contribution in [2.45, 2.75) is 12.0 Å². The molecule has 1 atom stereocenters. The van der Waals surface area contributed by atoms with Gasteiger partial charge in [0.15, 0.2) is 0 Å². The topological polar surface area (TPSA) is 26.7 Å².